The van der Waals surface area contributed by atoms with E-state index < -0.39 is 92.2 Å². The number of amides is 3. The third-order valence-electron chi connectivity index (χ3n) is 11.3. The number of esters is 3. The molecule has 0 saturated carbocycles. The van der Waals surface area contributed by atoms with Crippen LogP contribution in [0.2, 0.25) is 0 Å². The number of ether oxygens (including phenoxy) is 6. The Labute approximate surface area is 470 Å². The molecule has 6 rings (SSSR count). The Morgan fingerprint density at radius 3 is 1.22 bits per heavy atom. The molecule has 27 heteroatoms. The number of halogens is 8. The van der Waals surface area contributed by atoms with E-state index in [-0.39, 0.29) is 51.6 Å². The molecule has 0 aliphatic heterocycles. The van der Waals surface area contributed by atoms with E-state index in [0.717, 1.165) is 12.1 Å². The summed E-state index contributed by atoms with van der Waals surface area (Å²) in [5, 5.41) is 1.58. The van der Waals surface area contributed by atoms with E-state index in [4.69, 9.17) is 28.2 Å². The summed E-state index contributed by atoms with van der Waals surface area (Å²) in [5.74, 6) is -4.68. The Kier molecular flexibility index (Phi) is 19.4. The molecule has 0 saturated heterocycles. The monoisotopic (exact) mass is 1270 g/mol. The maximum atomic E-state index is 14.0. The lowest BCUT2D eigenvalue weighted by atomic mass is 9.98. The maximum absolute atomic E-state index is 14.0. The van der Waals surface area contributed by atoms with Crippen LogP contribution in [0.5, 0.6) is 17.2 Å². The normalized spacial score (nSPS) is 12.3. The van der Waals surface area contributed by atoms with Crippen molar-refractivity contribution in [1.82, 2.24) is 16.0 Å². The Hall–Kier alpha value is -8.31. The average Bonchev–Trinajstić information content (AvgIpc) is 3.47. The minimum absolute atomic E-state index is 0.0294. The molecule has 3 amide bonds. The van der Waals surface area contributed by atoms with Gasteiger partial charge in [-0.3, -0.25) is 4.55 Å². The third-order valence-corrected chi connectivity index (χ3v) is 13.1. The number of hydrogen-bond acceptors (Lipinski definition) is 14. The predicted molar refractivity (Wildman–Crippen MR) is 279 cm³/mol. The molecule has 81 heavy (non-hydrogen) atoms. The molecule has 1 atom stereocenters. The number of rotatable bonds is 19. The zero-order valence-corrected chi connectivity index (χ0v) is 45.5. The van der Waals surface area contributed by atoms with E-state index in [1.54, 1.807) is 33.8 Å². The highest BCUT2D eigenvalue weighted by Gasteiger charge is 2.66. The van der Waals surface area contributed by atoms with Gasteiger partial charge in [0, 0.05) is 19.6 Å². The van der Waals surface area contributed by atoms with Gasteiger partial charge in [0.05, 0.1) is 20.3 Å². The minimum atomic E-state index is -6.71. The lowest BCUT2D eigenvalue weighted by molar-refractivity contribution is -0.248. The van der Waals surface area contributed by atoms with Crippen LogP contribution >= 0.6 is 22.6 Å². The van der Waals surface area contributed by atoms with Gasteiger partial charge in [0.15, 0.2) is 0 Å². The molecule has 0 aromatic heterocycles. The van der Waals surface area contributed by atoms with E-state index in [9.17, 15) is 67.9 Å². The molecule has 0 spiro atoms. The fourth-order valence-electron chi connectivity index (χ4n) is 7.16. The summed E-state index contributed by atoms with van der Waals surface area (Å²) in [5.41, 5.74) is -0.645. The topological polar surface area (TPSA) is 248 Å². The van der Waals surface area contributed by atoms with Crippen molar-refractivity contribution in [2.24, 2.45) is 0 Å². The van der Waals surface area contributed by atoms with Crippen molar-refractivity contribution in [1.29, 1.82) is 0 Å². The van der Waals surface area contributed by atoms with Crippen LogP contribution in [0.15, 0.2) is 133 Å². The van der Waals surface area contributed by atoms with Crippen LogP contribution in [-0.4, -0.2) is 66.7 Å². The van der Waals surface area contributed by atoms with Gasteiger partial charge in [0.25, 0.3) is 6.10 Å². The van der Waals surface area contributed by atoms with Gasteiger partial charge in [-0.2, -0.15) is 30.4 Å². The number of benzene rings is 6. The van der Waals surface area contributed by atoms with E-state index in [1.165, 1.54) is 132 Å². The van der Waals surface area contributed by atoms with Crippen LogP contribution in [0.4, 0.5) is 45.1 Å². The second kappa shape index (κ2) is 25.4. The molecule has 0 bridgehead atoms. The largest absolute Gasteiger partial charge is 0.451 e. The highest BCUT2D eigenvalue weighted by atomic mass is 127. The summed E-state index contributed by atoms with van der Waals surface area (Å²) in [7, 11) is -6.71. The number of carbonyl (C=O) groups excluding carboxylic acids is 6. The lowest BCUT2D eigenvalue weighted by Gasteiger charge is -2.26. The van der Waals surface area contributed by atoms with Gasteiger partial charge in [-0.05, 0) is 169 Å². The molecule has 428 valence electrons. The summed E-state index contributed by atoms with van der Waals surface area (Å²) < 4.78 is 157. The standard InChI is InChI=1S/C54H45F7IN3O15S/c1-51(2,36-10-14-38(55)15-11-36)79-45(67)33-5-18-40(19-6-33)75-48(69)63-27-30-23-31(28-64-49(70)76-41-20-7-34(8-21-41)46(68)80-52(3,4)37-12-16-39(56)17-13-37)25-32(24-30)29-65-50(71)77-43-22-9-35(26-42(43)62)44(66)78-47(53(57,58)59)54(60,61)81(72,73)74/h5-26,47H,27-29H2,1-4H3,(H,63,69)(H,64,70)(H,65,71)(H,72,73,74). The Balaban J connectivity index is 1.10. The van der Waals surface area contributed by atoms with Crippen molar-refractivity contribution in [3.63, 3.8) is 0 Å². The molecule has 0 heterocycles. The first-order valence-corrected chi connectivity index (χ1v) is 25.9. The number of alkyl halides is 5. The van der Waals surface area contributed by atoms with Gasteiger partial charge >= 0.3 is 57.7 Å². The summed E-state index contributed by atoms with van der Waals surface area (Å²) in [4.78, 5) is 77.4. The molecule has 0 aliphatic rings. The van der Waals surface area contributed by atoms with Gasteiger partial charge in [-0.1, -0.05) is 42.5 Å². The van der Waals surface area contributed by atoms with Crippen molar-refractivity contribution in [3.05, 3.63) is 193 Å². The smallest absolute Gasteiger partial charge is 0.432 e. The highest BCUT2D eigenvalue weighted by Crippen LogP contribution is 2.39. The first-order valence-electron chi connectivity index (χ1n) is 23.4. The van der Waals surface area contributed by atoms with Gasteiger partial charge in [0.2, 0.25) is 0 Å². The summed E-state index contributed by atoms with van der Waals surface area (Å²) in [6.45, 7) is 5.78. The molecule has 0 radical (unpaired) electrons. The van der Waals surface area contributed by atoms with Crippen molar-refractivity contribution < 1.29 is 101 Å². The Morgan fingerprint density at radius 2 is 0.877 bits per heavy atom. The first kappa shape index (κ1) is 61.9. The molecule has 6 aromatic rings. The molecule has 0 aliphatic carbocycles. The Bertz CT molecular complexity index is 3270. The molecule has 18 nitrogen and oxygen atoms in total. The highest BCUT2D eigenvalue weighted by molar-refractivity contribution is 14.1. The Morgan fingerprint density at radius 1 is 0.519 bits per heavy atom. The lowest BCUT2D eigenvalue weighted by Crippen LogP contribution is -2.52. The van der Waals surface area contributed by atoms with E-state index >= 15 is 0 Å². The third kappa shape index (κ3) is 17.1. The molecule has 4 N–H and O–H groups in total. The summed E-state index contributed by atoms with van der Waals surface area (Å²) in [6, 6.07) is 28.7. The molecule has 6 aromatic carbocycles. The van der Waals surface area contributed by atoms with Crippen LogP contribution < -0.4 is 30.2 Å². The van der Waals surface area contributed by atoms with Crippen LogP contribution in [0.3, 0.4) is 0 Å². The van der Waals surface area contributed by atoms with Gasteiger partial charge in [0.1, 0.15) is 40.1 Å². The molecule has 0 fully saturated rings. The second-order valence-corrected chi connectivity index (χ2v) is 20.9. The first-order chi connectivity index (χ1) is 37.8. The van der Waals surface area contributed by atoms with Crippen molar-refractivity contribution >= 4 is 68.9 Å². The van der Waals surface area contributed by atoms with Crippen LogP contribution in [0.1, 0.15) is 86.6 Å². The SMILES string of the molecule is CC(C)(OC(=O)c1ccc(OC(=O)NCc2cc(CNC(=O)Oc3ccc(C(=O)OC(C)(C)c4ccc(F)cc4)cc3)cc(CNC(=O)Oc3ccc(C(=O)OC(C(F)(F)F)C(F)(F)S(=O)(=O)O)cc3I)c2)cc1)c1ccc(F)cc1. The fourth-order valence-corrected chi connectivity index (χ4v) is 8.23. The quantitative estimate of drug-likeness (QED) is 0.0194. The molecular weight excluding hydrogens is 1220 g/mol. The molecular formula is C54H45F7IN3O15S. The van der Waals surface area contributed by atoms with Crippen LogP contribution in [0.25, 0.3) is 0 Å². The second-order valence-electron chi connectivity index (χ2n) is 18.3. The summed E-state index contributed by atoms with van der Waals surface area (Å²) >= 11 is 1.48. The van der Waals surface area contributed by atoms with Crippen molar-refractivity contribution in [2.75, 3.05) is 0 Å². The van der Waals surface area contributed by atoms with E-state index in [0.29, 0.717) is 33.9 Å². The van der Waals surface area contributed by atoms with Crippen molar-refractivity contribution in [3.8, 4) is 17.2 Å². The van der Waals surface area contributed by atoms with Gasteiger partial charge in [-0.15, -0.1) is 0 Å². The summed E-state index contributed by atoms with van der Waals surface area (Å²) in [6.07, 6.45) is -13.8. The van der Waals surface area contributed by atoms with Gasteiger partial charge < -0.3 is 44.4 Å². The predicted octanol–water partition coefficient (Wildman–Crippen LogP) is 11.2. The number of hydrogen-bond donors (Lipinski definition) is 4. The zero-order chi connectivity index (χ0) is 59.7. The molecule has 1 unspecified atom stereocenters. The minimum Gasteiger partial charge on any atom is -0.451 e. The van der Waals surface area contributed by atoms with Gasteiger partial charge in [-0.25, -0.2) is 37.5 Å². The number of carbonyl (C=O) groups is 6. The number of nitrogens with one attached hydrogen (secondary N) is 3. The van der Waals surface area contributed by atoms with Crippen molar-refractivity contribution in [2.45, 2.75) is 76.1 Å². The zero-order valence-electron chi connectivity index (χ0n) is 42.5. The average molecular weight is 1270 g/mol. The maximum Gasteiger partial charge on any atom is 0.432 e. The van der Waals surface area contributed by atoms with Crippen LogP contribution in [-0.2, 0) is 55.2 Å². The van der Waals surface area contributed by atoms with E-state index in [1.807, 2.05) is 0 Å². The van der Waals surface area contributed by atoms with Crippen LogP contribution in [0, 0.1) is 15.2 Å². The fraction of sp³-hybridized carbons (Fsp3) is 0.222. The van der Waals surface area contributed by atoms with E-state index in [2.05, 4.69) is 20.7 Å².